The highest BCUT2D eigenvalue weighted by atomic mass is 35.5. The van der Waals surface area contributed by atoms with Crippen molar-refractivity contribution in [1.82, 2.24) is 4.90 Å². The number of benzene rings is 2. The molecule has 1 aromatic heterocycles. The summed E-state index contributed by atoms with van der Waals surface area (Å²) in [7, 11) is 0. The highest BCUT2D eigenvalue weighted by molar-refractivity contribution is 6.36. The lowest BCUT2D eigenvalue weighted by molar-refractivity contribution is -0.129. The zero-order chi connectivity index (χ0) is 17.6. The van der Waals surface area contributed by atoms with Crippen molar-refractivity contribution in [3.63, 3.8) is 0 Å². The van der Waals surface area contributed by atoms with Crippen LogP contribution in [0.15, 0.2) is 47.1 Å². The first-order chi connectivity index (χ1) is 12.0. The topological polar surface area (TPSA) is 62.6 Å². The van der Waals surface area contributed by atoms with Gasteiger partial charge in [0.15, 0.2) is 0 Å². The van der Waals surface area contributed by atoms with Crippen LogP contribution in [0.2, 0.25) is 5.02 Å². The van der Waals surface area contributed by atoms with Crippen molar-refractivity contribution in [3.8, 4) is 0 Å². The van der Waals surface area contributed by atoms with Crippen molar-refractivity contribution in [2.24, 2.45) is 0 Å². The SMILES string of the molecule is CC(=O)N1Cc2ccc(NC(=O)c3c(Cl)ccc4ccoc34)cc2C1. The number of anilines is 1. The zero-order valence-corrected chi connectivity index (χ0v) is 14.3. The quantitative estimate of drug-likeness (QED) is 0.750. The van der Waals surface area contributed by atoms with E-state index in [-0.39, 0.29) is 11.8 Å². The highest BCUT2D eigenvalue weighted by Gasteiger charge is 2.22. The number of furan rings is 1. The Morgan fingerprint density at radius 2 is 1.92 bits per heavy atom. The van der Waals surface area contributed by atoms with Crippen LogP contribution in [-0.4, -0.2) is 16.7 Å². The molecule has 25 heavy (non-hydrogen) atoms. The van der Waals surface area contributed by atoms with Crippen molar-refractivity contribution in [1.29, 1.82) is 0 Å². The first-order valence-corrected chi connectivity index (χ1v) is 8.25. The van der Waals surface area contributed by atoms with Crippen LogP contribution >= 0.6 is 11.6 Å². The van der Waals surface area contributed by atoms with Crippen LogP contribution < -0.4 is 5.32 Å². The van der Waals surface area contributed by atoms with E-state index < -0.39 is 0 Å². The number of amides is 2. The summed E-state index contributed by atoms with van der Waals surface area (Å²) < 4.78 is 5.41. The first-order valence-electron chi connectivity index (χ1n) is 7.87. The van der Waals surface area contributed by atoms with E-state index in [1.165, 1.54) is 6.26 Å². The van der Waals surface area contributed by atoms with Gasteiger partial charge in [0.2, 0.25) is 5.91 Å². The van der Waals surface area contributed by atoms with Crippen LogP contribution in [0.3, 0.4) is 0 Å². The predicted molar refractivity (Wildman–Crippen MR) is 95.5 cm³/mol. The molecule has 0 saturated carbocycles. The molecule has 1 N–H and O–H groups in total. The lowest BCUT2D eigenvalue weighted by Gasteiger charge is -2.11. The third kappa shape index (κ3) is 2.76. The molecule has 0 atom stereocenters. The molecule has 0 aliphatic carbocycles. The Morgan fingerprint density at radius 3 is 2.72 bits per heavy atom. The van der Waals surface area contributed by atoms with Crippen molar-refractivity contribution >= 4 is 40.1 Å². The van der Waals surface area contributed by atoms with E-state index in [0.717, 1.165) is 16.5 Å². The maximum atomic E-state index is 12.7. The lowest BCUT2D eigenvalue weighted by atomic mass is 10.1. The van der Waals surface area contributed by atoms with Gasteiger partial charge in [-0.2, -0.15) is 0 Å². The minimum atomic E-state index is -0.327. The van der Waals surface area contributed by atoms with Gasteiger partial charge in [-0.05, 0) is 41.5 Å². The molecular formula is C19H15ClN2O3. The Balaban J connectivity index is 1.62. The van der Waals surface area contributed by atoms with E-state index in [2.05, 4.69) is 5.32 Å². The summed E-state index contributed by atoms with van der Waals surface area (Å²) in [6, 6.07) is 10.9. The monoisotopic (exact) mass is 354 g/mol. The zero-order valence-electron chi connectivity index (χ0n) is 13.5. The maximum absolute atomic E-state index is 12.7. The summed E-state index contributed by atoms with van der Waals surface area (Å²) in [5, 5.41) is 4.02. The van der Waals surface area contributed by atoms with Crippen molar-refractivity contribution in [2.45, 2.75) is 20.0 Å². The molecule has 2 amide bonds. The second kappa shape index (κ2) is 5.93. The van der Waals surface area contributed by atoms with Crippen molar-refractivity contribution in [3.05, 3.63) is 64.4 Å². The fourth-order valence-corrected chi connectivity index (χ4v) is 3.34. The third-order valence-electron chi connectivity index (χ3n) is 4.43. The molecule has 4 rings (SSSR count). The van der Waals surface area contributed by atoms with Crippen LogP contribution in [0.1, 0.15) is 28.4 Å². The lowest BCUT2D eigenvalue weighted by Crippen LogP contribution is -2.21. The molecule has 1 aliphatic heterocycles. The van der Waals surface area contributed by atoms with Gasteiger partial charge in [-0.3, -0.25) is 9.59 Å². The van der Waals surface area contributed by atoms with E-state index >= 15 is 0 Å². The molecule has 6 heteroatoms. The van der Waals surface area contributed by atoms with Gasteiger partial charge in [-0.1, -0.05) is 17.7 Å². The van der Waals surface area contributed by atoms with E-state index in [9.17, 15) is 9.59 Å². The van der Waals surface area contributed by atoms with E-state index in [1.54, 1.807) is 24.0 Å². The maximum Gasteiger partial charge on any atom is 0.261 e. The molecule has 126 valence electrons. The number of carbonyl (C=O) groups is 2. The summed E-state index contributed by atoms with van der Waals surface area (Å²) in [4.78, 5) is 26.0. The molecule has 2 heterocycles. The van der Waals surface area contributed by atoms with Gasteiger partial charge in [0.1, 0.15) is 11.1 Å². The van der Waals surface area contributed by atoms with Gasteiger partial charge in [0, 0.05) is 31.1 Å². The number of carbonyl (C=O) groups excluding carboxylic acids is 2. The normalized spacial score (nSPS) is 13.1. The Kier molecular flexibility index (Phi) is 3.73. The van der Waals surface area contributed by atoms with Crippen LogP contribution in [-0.2, 0) is 17.9 Å². The Hall–Kier alpha value is -2.79. The average Bonchev–Trinajstić information content (AvgIpc) is 3.20. The minimum Gasteiger partial charge on any atom is -0.463 e. The van der Waals surface area contributed by atoms with Gasteiger partial charge in [0.05, 0.1) is 11.3 Å². The van der Waals surface area contributed by atoms with Gasteiger partial charge in [-0.25, -0.2) is 0 Å². The summed E-state index contributed by atoms with van der Waals surface area (Å²) in [5.41, 5.74) is 3.58. The van der Waals surface area contributed by atoms with Gasteiger partial charge >= 0.3 is 0 Å². The van der Waals surface area contributed by atoms with Gasteiger partial charge in [0.25, 0.3) is 5.91 Å². The highest BCUT2D eigenvalue weighted by Crippen LogP contribution is 2.29. The fraction of sp³-hybridized carbons (Fsp3) is 0.158. The average molecular weight is 355 g/mol. The Bertz CT molecular complexity index is 1010. The summed E-state index contributed by atoms with van der Waals surface area (Å²) in [5.74, 6) is -0.287. The fourth-order valence-electron chi connectivity index (χ4n) is 3.11. The van der Waals surface area contributed by atoms with Crippen LogP contribution in [0.4, 0.5) is 5.69 Å². The second-order valence-electron chi connectivity index (χ2n) is 6.07. The Labute approximate surface area is 149 Å². The molecule has 3 aromatic rings. The molecule has 0 unspecified atom stereocenters. The number of hydrogen-bond acceptors (Lipinski definition) is 3. The molecule has 2 aromatic carbocycles. The number of halogens is 1. The number of nitrogens with one attached hydrogen (secondary N) is 1. The molecule has 0 fully saturated rings. The molecule has 5 nitrogen and oxygen atoms in total. The smallest absolute Gasteiger partial charge is 0.261 e. The van der Waals surface area contributed by atoms with E-state index in [1.807, 2.05) is 24.3 Å². The summed E-state index contributed by atoms with van der Waals surface area (Å²) >= 11 is 6.20. The van der Waals surface area contributed by atoms with Gasteiger partial charge < -0.3 is 14.6 Å². The second-order valence-corrected chi connectivity index (χ2v) is 6.48. The van der Waals surface area contributed by atoms with Crippen molar-refractivity contribution < 1.29 is 14.0 Å². The molecule has 0 radical (unpaired) electrons. The third-order valence-corrected chi connectivity index (χ3v) is 4.74. The number of nitrogens with zero attached hydrogens (tertiary/aromatic N) is 1. The van der Waals surface area contributed by atoms with E-state index in [4.69, 9.17) is 16.0 Å². The predicted octanol–water partition coefficient (Wildman–Crippen LogP) is 4.20. The first kappa shape index (κ1) is 15.7. The molecule has 0 spiro atoms. The molecular weight excluding hydrogens is 340 g/mol. The summed E-state index contributed by atoms with van der Waals surface area (Å²) in [6.07, 6.45) is 1.53. The molecule has 1 aliphatic rings. The van der Waals surface area contributed by atoms with Gasteiger partial charge in [-0.15, -0.1) is 0 Å². The number of fused-ring (bicyclic) bond motifs is 2. The largest absolute Gasteiger partial charge is 0.463 e. The molecule has 0 saturated heterocycles. The number of rotatable bonds is 2. The van der Waals surface area contributed by atoms with E-state index in [0.29, 0.717) is 34.9 Å². The molecule has 0 bridgehead atoms. The number of hydrogen-bond donors (Lipinski definition) is 1. The van der Waals surface area contributed by atoms with Crippen LogP contribution in [0.25, 0.3) is 11.0 Å². The standard InChI is InChI=1S/C19H15ClN2O3/c1-11(23)22-9-13-2-4-15(8-14(13)10-22)21-19(24)17-16(20)5-3-12-6-7-25-18(12)17/h2-8H,9-10H2,1H3,(H,21,24). The van der Waals surface area contributed by atoms with Crippen molar-refractivity contribution in [2.75, 3.05) is 5.32 Å². The Morgan fingerprint density at radius 1 is 1.12 bits per heavy atom. The summed E-state index contributed by atoms with van der Waals surface area (Å²) in [6.45, 7) is 2.72. The van der Waals surface area contributed by atoms with Crippen LogP contribution in [0, 0.1) is 0 Å². The van der Waals surface area contributed by atoms with Crippen LogP contribution in [0.5, 0.6) is 0 Å². The minimum absolute atomic E-state index is 0.0399.